The van der Waals surface area contributed by atoms with Crippen LogP contribution in [0.25, 0.3) is 0 Å². The van der Waals surface area contributed by atoms with Crippen LogP contribution >= 0.6 is 0 Å². The van der Waals surface area contributed by atoms with Gasteiger partial charge in [0, 0.05) is 32.6 Å². The number of aliphatic hydroxyl groups is 1. The van der Waals surface area contributed by atoms with Gasteiger partial charge in [-0.15, -0.1) is 0 Å². The smallest absolute Gasteiger partial charge is 0.319 e. The molecule has 0 aromatic rings. The molecular weight excluding hydrogens is 274 g/mol. The lowest BCUT2D eigenvalue weighted by molar-refractivity contribution is -0.158. The minimum atomic E-state index is -1.16. The molecule has 0 aromatic carbocycles. The van der Waals surface area contributed by atoms with E-state index in [1.807, 2.05) is 0 Å². The monoisotopic (exact) mass is 301 g/mol. The topological polar surface area (TPSA) is 76.1 Å². The lowest BCUT2D eigenvalue weighted by atomic mass is 9.87. The standard InChI is InChI=1S/C15H27NO5/c1-5-21-13(18)14(2,3)12(17)10-16(4)11-15(19)6-8-20-9-7-15/h19H,5-11H2,1-4H3. The van der Waals surface area contributed by atoms with E-state index >= 15 is 0 Å². The second-order valence-corrected chi connectivity index (χ2v) is 6.28. The Labute approximate surface area is 126 Å². The van der Waals surface area contributed by atoms with Crippen LogP contribution in [0.15, 0.2) is 0 Å². The zero-order valence-corrected chi connectivity index (χ0v) is 13.5. The highest BCUT2D eigenvalue weighted by Crippen LogP contribution is 2.23. The molecule has 122 valence electrons. The van der Waals surface area contributed by atoms with Crippen LogP contribution < -0.4 is 0 Å². The molecule has 0 aliphatic carbocycles. The van der Waals surface area contributed by atoms with Gasteiger partial charge in [0.25, 0.3) is 0 Å². The van der Waals surface area contributed by atoms with Gasteiger partial charge < -0.3 is 14.6 Å². The molecule has 1 saturated heterocycles. The second kappa shape index (κ2) is 7.33. The van der Waals surface area contributed by atoms with Gasteiger partial charge in [-0.1, -0.05) is 0 Å². The maximum atomic E-state index is 12.3. The van der Waals surface area contributed by atoms with E-state index in [0.29, 0.717) is 32.6 Å². The van der Waals surface area contributed by atoms with Crippen LogP contribution in [-0.2, 0) is 19.1 Å². The van der Waals surface area contributed by atoms with Crippen molar-refractivity contribution in [2.45, 2.75) is 39.2 Å². The van der Waals surface area contributed by atoms with Gasteiger partial charge in [0.15, 0.2) is 5.78 Å². The van der Waals surface area contributed by atoms with E-state index in [1.165, 1.54) is 0 Å². The summed E-state index contributed by atoms with van der Waals surface area (Å²) in [5, 5.41) is 10.4. The van der Waals surface area contributed by atoms with Gasteiger partial charge in [0.2, 0.25) is 0 Å². The van der Waals surface area contributed by atoms with Crippen LogP contribution in [0, 0.1) is 5.41 Å². The molecule has 0 bridgehead atoms. The minimum Gasteiger partial charge on any atom is -0.465 e. The maximum Gasteiger partial charge on any atom is 0.319 e. The number of Topliss-reactive ketones (excluding diaryl/α,β-unsaturated/α-hetero) is 1. The molecule has 1 heterocycles. The molecule has 1 rings (SSSR count). The third-order valence-electron chi connectivity index (χ3n) is 3.88. The van der Waals surface area contributed by atoms with Crippen molar-refractivity contribution in [1.29, 1.82) is 0 Å². The van der Waals surface area contributed by atoms with E-state index in [9.17, 15) is 14.7 Å². The van der Waals surface area contributed by atoms with Gasteiger partial charge in [-0.3, -0.25) is 14.5 Å². The lowest BCUT2D eigenvalue weighted by Gasteiger charge is -2.35. The van der Waals surface area contributed by atoms with E-state index in [1.54, 1.807) is 32.7 Å². The summed E-state index contributed by atoms with van der Waals surface area (Å²) in [5.41, 5.74) is -1.98. The molecule has 0 spiro atoms. The summed E-state index contributed by atoms with van der Waals surface area (Å²) in [6.45, 7) is 6.68. The fraction of sp³-hybridized carbons (Fsp3) is 0.867. The van der Waals surface area contributed by atoms with Crippen molar-refractivity contribution in [3.63, 3.8) is 0 Å². The number of hydrogen-bond acceptors (Lipinski definition) is 6. The summed E-state index contributed by atoms with van der Waals surface area (Å²) < 4.78 is 10.2. The molecule has 0 atom stereocenters. The van der Waals surface area contributed by atoms with Crippen LogP contribution in [0.2, 0.25) is 0 Å². The van der Waals surface area contributed by atoms with Crippen molar-refractivity contribution in [3.8, 4) is 0 Å². The first-order valence-corrected chi connectivity index (χ1v) is 7.40. The van der Waals surface area contributed by atoms with Crippen molar-refractivity contribution in [2.75, 3.05) is 40.0 Å². The first-order chi connectivity index (χ1) is 9.71. The van der Waals surface area contributed by atoms with E-state index < -0.39 is 17.0 Å². The Morgan fingerprint density at radius 1 is 1.33 bits per heavy atom. The molecule has 21 heavy (non-hydrogen) atoms. The van der Waals surface area contributed by atoms with Crippen molar-refractivity contribution in [2.24, 2.45) is 5.41 Å². The quantitative estimate of drug-likeness (QED) is 0.549. The molecule has 1 aliphatic heterocycles. The summed E-state index contributed by atoms with van der Waals surface area (Å²) >= 11 is 0. The highest BCUT2D eigenvalue weighted by molar-refractivity contribution is 6.03. The van der Waals surface area contributed by atoms with Crippen LogP contribution in [-0.4, -0.2) is 67.3 Å². The van der Waals surface area contributed by atoms with Crippen LogP contribution in [0.3, 0.4) is 0 Å². The van der Waals surface area contributed by atoms with E-state index in [0.717, 1.165) is 0 Å². The van der Waals surface area contributed by atoms with Crippen molar-refractivity contribution in [1.82, 2.24) is 4.90 Å². The minimum absolute atomic E-state index is 0.106. The molecule has 6 nitrogen and oxygen atoms in total. The van der Waals surface area contributed by atoms with Crippen molar-refractivity contribution >= 4 is 11.8 Å². The summed E-state index contributed by atoms with van der Waals surface area (Å²) in [7, 11) is 1.77. The Balaban J connectivity index is 2.55. The number of ketones is 1. The van der Waals surface area contributed by atoms with Gasteiger partial charge >= 0.3 is 5.97 Å². The third kappa shape index (κ3) is 5.05. The second-order valence-electron chi connectivity index (χ2n) is 6.28. The number of likely N-dealkylation sites (N-methyl/N-ethyl adjacent to an activating group) is 1. The Bertz CT molecular complexity index is 374. The number of carbonyl (C=O) groups excluding carboxylic acids is 2. The van der Waals surface area contributed by atoms with Crippen molar-refractivity contribution in [3.05, 3.63) is 0 Å². The summed E-state index contributed by atoms with van der Waals surface area (Å²) in [6.07, 6.45) is 1.12. The average molecular weight is 301 g/mol. The number of ether oxygens (including phenoxy) is 2. The fourth-order valence-electron chi connectivity index (χ4n) is 2.34. The molecule has 0 amide bonds. The van der Waals surface area contributed by atoms with Gasteiger partial charge in [0.05, 0.1) is 18.8 Å². The van der Waals surface area contributed by atoms with Gasteiger partial charge in [-0.25, -0.2) is 0 Å². The molecule has 1 N–H and O–H groups in total. The molecule has 1 aliphatic rings. The highest BCUT2D eigenvalue weighted by Gasteiger charge is 2.38. The highest BCUT2D eigenvalue weighted by atomic mass is 16.5. The maximum absolute atomic E-state index is 12.3. The van der Waals surface area contributed by atoms with E-state index in [4.69, 9.17) is 9.47 Å². The molecular formula is C15H27NO5. The molecule has 0 saturated carbocycles. The predicted molar refractivity (Wildman–Crippen MR) is 77.9 cm³/mol. The number of esters is 1. The molecule has 0 aromatic heterocycles. The Morgan fingerprint density at radius 2 is 1.90 bits per heavy atom. The first-order valence-electron chi connectivity index (χ1n) is 7.40. The third-order valence-corrected chi connectivity index (χ3v) is 3.88. The largest absolute Gasteiger partial charge is 0.465 e. The average Bonchev–Trinajstić information content (AvgIpc) is 2.38. The van der Waals surface area contributed by atoms with Gasteiger partial charge in [-0.05, 0) is 27.8 Å². The van der Waals surface area contributed by atoms with Crippen LogP contribution in [0.1, 0.15) is 33.6 Å². The Morgan fingerprint density at radius 3 is 2.43 bits per heavy atom. The number of hydrogen-bond donors (Lipinski definition) is 1. The molecule has 0 unspecified atom stereocenters. The summed E-state index contributed by atoms with van der Waals surface area (Å²) in [5.74, 6) is -0.715. The number of carbonyl (C=O) groups is 2. The lowest BCUT2D eigenvalue weighted by Crippen LogP contribution is -2.49. The Hall–Kier alpha value is -0.980. The zero-order chi connectivity index (χ0) is 16.1. The van der Waals surface area contributed by atoms with Crippen LogP contribution in [0.4, 0.5) is 0 Å². The van der Waals surface area contributed by atoms with Crippen LogP contribution in [0.5, 0.6) is 0 Å². The number of rotatable bonds is 7. The number of nitrogens with zero attached hydrogens (tertiary/aromatic N) is 1. The van der Waals surface area contributed by atoms with Crippen molar-refractivity contribution < 1.29 is 24.2 Å². The first kappa shape index (κ1) is 18.1. The summed E-state index contributed by atoms with van der Waals surface area (Å²) in [6, 6.07) is 0. The van der Waals surface area contributed by atoms with E-state index in [-0.39, 0.29) is 18.9 Å². The molecule has 1 fully saturated rings. The Kier molecular flexibility index (Phi) is 6.31. The normalized spacial score (nSPS) is 18.6. The fourth-order valence-corrected chi connectivity index (χ4v) is 2.34. The van der Waals surface area contributed by atoms with Gasteiger partial charge in [-0.2, -0.15) is 0 Å². The summed E-state index contributed by atoms with van der Waals surface area (Å²) in [4.78, 5) is 25.9. The predicted octanol–water partition coefficient (Wildman–Crippen LogP) is 0.618. The van der Waals surface area contributed by atoms with E-state index in [2.05, 4.69) is 0 Å². The zero-order valence-electron chi connectivity index (χ0n) is 13.5. The molecule has 0 radical (unpaired) electrons. The van der Waals surface area contributed by atoms with Gasteiger partial charge in [0.1, 0.15) is 5.41 Å². The molecule has 6 heteroatoms. The SMILES string of the molecule is CCOC(=O)C(C)(C)C(=O)CN(C)CC1(O)CCOCC1.